The van der Waals surface area contributed by atoms with Crippen molar-refractivity contribution in [3.63, 3.8) is 0 Å². The summed E-state index contributed by atoms with van der Waals surface area (Å²) < 4.78 is 27.4. The van der Waals surface area contributed by atoms with Gasteiger partial charge in [0.15, 0.2) is 0 Å². The van der Waals surface area contributed by atoms with Gasteiger partial charge in [-0.3, -0.25) is 9.59 Å². The van der Waals surface area contributed by atoms with E-state index in [9.17, 15) is 18.0 Å². The van der Waals surface area contributed by atoms with Crippen molar-refractivity contribution in [1.29, 1.82) is 0 Å². The number of sulfonamides is 1. The first-order valence-electron chi connectivity index (χ1n) is 12.5. The lowest BCUT2D eigenvalue weighted by Gasteiger charge is -2.32. The van der Waals surface area contributed by atoms with E-state index >= 15 is 0 Å². The summed E-state index contributed by atoms with van der Waals surface area (Å²) in [6.07, 6.45) is 1.04. The molecule has 202 valence electrons. The molecule has 1 atom stereocenters. The lowest BCUT2D eigenvalue weighted by atomic mass is 10.0. The van der Waals surface area contributed by atoms with Gasteiger partial charge in [0.1, 0.15) is 6.04 Å². The van der Waals surface area contributed by atoms with Crippen LogP contribution in [0.5, 0.6) is 0 Å². The van der Waals surface area contributed by atoms with Gasteiger partial charge in [0.2, 0.25) is 21.8 Å². The highest BCUT2D eigenvalue weighted by molar-refractivity contribution is 7.89. The number of benzene rings is 3. The monoisotopic (exact) mass is 555 g/mol. The van der Waals surface area contributed by atoms with Crippen LogP contribution in [0.1, 0.15) is 30.0 Å². The van der Waals surface area contributed by atoms with Gasteiger partial charge in [-0.2, -0.15) is 4.31 Å². The fourth-order valence-electron chi connectivity index (χ4n) is 4.08. The minimum absolute atomic E-state index is 0.0314. The standard InChI is InChI=1S/C29H34ClN3O4S/c1-4-17-31-29(35)27(19-23-10-6-5-7-11-23)33(20-24-12-8-9-22(2)18-24)28(34)21-32(3)38(36,37)26-15-13-25(30)14-16-26/h5-16,18,27H,4,17,19-21H2,1-3H3,(H,31,35). The highest BCUT2D eigenvalue weighted by Gasteiger charge is 2.33. The van der Waals surface area contributed by atoms with Gasteiger partial charge in [0.25, 0.3) is 0 Å². The van der Waals surface area contributed by atoms with Gasteiger partial charge in [-0.25, -0.2) is 8.42 Å². The van der Waals surface area contributed by atoms with Crippen LogP contribution >= 0.6 is 11.6 Å². The normalized spacial score (nSPS) is 12.2. The largest absolute Gasteiger partial charge is 0.354 e. The van der Waals surface area contributed by atoms with Crippen LogP contribution in [0.25, 0.3) is 0 Å². The van der Waals surface area contributed by atoms with E-state index in [1.54, 1.807) is 0 Å². The molecule has 9 heteroatoms. The number of rotatable bonds is 12. The number of carbonyl (C=O) groups is 2. The summed E-state index contributed by atoms with van der Waals surface area (Å²) in [4.78, 5) is 28.7. The maximum absolute atomic E-state index is 13.8. The van der Waals surface area contributed by atoms with Gasteiger partial charge in [-0.05, 0) is 48.7 Å². The Morgan fingerprint density at radius 2 is 1.61 bits per heavy atom. The number of hydrogen-bond acceptors (Lipinski definition) is 4. The molecule has 0 aliphatic heterocycles. The van der Waals surface area contributed by atoms with Gasteiger partial charge in [-0.15, -0.1) is 0 Å². The highest BCUT2D eigenvalue weighted by atomic mass is 35.5. The number of carbonyl (C=O) groups excluding carboxylic acids is 2. The fraction of sp³-hybridized carbons (Fsp3) is 0.310. The summed E-state index contributed by atoms with van der Waals surface area (Å²) in [6, 6.07) is 22.1. The molecule has 38 heavy (non-hydrogen) atoms. The molecular weight excluding hydrogens is 522 g/mol. The number of aryl methyl sites for hydroxylation is 1. The van der Waals surface area contributed by atoms with Crippen LogP contribution < -0.4 is 5.32 Å². The minimum Gasteiger partial charge on any atom is -0.354 e. The summed E-state index contributed by atoms with van der Waals surface area (Å²) in [5, 5.41) is 3.33. The number of hydrogen-bond donors (Lipinski definition) is 1. The third kappa shape index (κ3) is 7.90. The molecule has 0 saturated heterocycles. The molecule has 3 aromatic rings. The van der Waals surface area contributed by atoms with Crippen LogP contribution in [-0.4, -0.2) is 55.6 Å². The third-order valence-corrected chi connectivity index (χ3v) is 8.21. The molecule has 0 radical (unpaired) electrons. The summed E-state index contributed by atoms with van der Waals surface area (Å²) in [5.41, 5.74) is 2.77. The molecule has 0 spiro atoms. The van der Waals surface area contributed by atoms with Crippen molar-refractivity contribution < 1.29 is 18.0 Å². The fourth-order valence-corrected chi connectivity index (χ4v) is 5.33. The molecule has 3 aromatic carbocycles. The predicted molar refractivity (Wildman–Crippen MR) is 150 cm³/mol. The van der Waals surface area contributed by atoms with Crippen LogP contribution in [0.2, 0.25) is 5.02 Å². The van der Waals surface area contributed by atoms with E-state index in [0.717, 1.165) is 27.4 Å². The van der Waals surface area contributed by atoms with Gasteiger partial charge >= 0.3 is 0 Å². The Morgan fingerprint density at radius 1 is 0.947 bits per heavy atom. The Hall–Kier alpha value is -3.20. The van der Waals surface area contributed by atoms with Crippen LogP contribution in [0.3, 0.4) is 0 Å². The van der Waals surface area contributed by atoms with E-state index in [-0.39, 0.29) is 17.3 Å². The molecule has 1 N–H and O–H groups in total. The van der Waals surface area contributed by atoms with Crippen molar-refractivity contribution in [2.75, 3.05) is 20.1 Å². The molecule has 3 rings (SSSR count). The topological polar surface area (TPSA) is 86.8 Å². The van der Waals surface area contributed by atoms with Crippen LogP contribution in [0.4, 0.5) is 0 Å². The van der Waals surface area contributed by atoms with E-state index in [1.807, 2.05) is 68.4 Å². The second-order valence-corrected chi connectivity index (χ2v) is 11.7. The van der Waals surface area contributed by atoms with E-state index < -0.39 is 28.5 Å². The van der Waals surface area contributed by atoms with Gasteiger partial charge in [0, 0.05) is 31.6 Å². The van der Waals surface area contributed by atoms with Crippen molar-refractivity contribution in [3.8, 4) is 0 Å². The first kappa shape index (κ1) is 29.4. The number of nitrogens with one attached hydrogen (secondary N) is 1. The van der Waals surface area contributed by atoms with Crippen LogP contribution in [0.15, 0.2) is 83.8 Å². The second kappa shape index (κ2) is 13.6. The zero-order valence-electron chi connectivity index (χ0n) is 21.9. The Morgan fingerprint density at radius 3 is 2.24 bits per heavy atom. The first-order chi connectivity index (χ1) is 18.1. The summed E-state index contributed by atoms with van der Waals surface area (Å²) in [5.74, 6) is -0.751. The lowest BCUT2D eigenvalue weighted by Crippen LogP contribution is -2.53. The SMILES string of the molecule is CCCNC(=O)C(Cc1ccccc1)N(Cc1cccc(C)c1)C(=O)CN(C)S(=O)(=O)c1ccc(Cl)cc1. The lowest BCUT2D eigenvalue weighted by molar-refractivity contribution is -0.141. The van der Waals surface area contributed by atoms with Crippen molar-refractivity contribution in [1.82, 2.24) is 14.5 Å². The predicted octanol–water partition coefficient (Wildman–Crippen LogP) is 4.44. The number of amides is 2. The molecule has 0 aromatic heterocycles. The molecule has 0 saturated carbocycles. The van der Waals surface area contributed by atoms with Crippen molar-refractivity contribution in [2.24, 2.45) is 0 Å². The van der Waals surface area contributed by atoms with Crippen molar-refractivity contribution >= 4 is 33.4 Å². The highest BCUT2D eigenvalue weighted by Crippen LogP contribution is 2.20. The molecule has 0 fully saturated rings. The number of nitrogens with zero attached hydrogens (tertiary/aromatic N) is 2. The summed E-state index contributed by atoms with van der Waals surface area (Å²) in [7, 11) is -2.60. The Balaban J connectivity index is 1.96. The maximum atomic E-state index is 13.8. The zero-order chi connectivity index (χ0) is 27.7. The maximum Gasteiger partial charge on any atom is 0.243 e. The molecule has 0 bridgehead atoms. The molecule has 1 unspecified atom stereocenters. The molecule has 0 aliphatic rings. The third-order valence-electron chi connectivity index (χ3n) is 6.14. The Kier molecular flexibility index (Phi) is 10.5. The van der Waals surface area contributed by atoms with Gasteiger partial charge in [-0.1, -0.05) is 78.7 Å². The minimum atomic E-state index is -3.96. The van der Waals surface area contributed by atoms with E-state index in [2.05, 4.69) is 5.32 Å². The Labute approximate surface area is 230 Å². The summed E-state index contributed by atoms with van der Waals surface area (Å²) in [6.45, 7) is 4.12. The number of likely N-dealkylation sites (N-methyl/N-ethyl adjacent to an activating group) is 1. The van der Waals surface area contributed by atoms with E-state index in [0.29, 0.717) is 18.0 Å². The molecule has 0 heterocycles. The Bertz CT molecular complexity index is 1330. The van der Waals surface area contributed by atoms with Crippen molar-refractivity contribution in [3.05, 3.63) is 101 Å². The van der Waals surface area contributed by atoms with Crippen molar-refractivity contribution in [2.45, 2.75) is 44.2 Å². The quantitative estimate of drug-likeness (QED) is 0.358. The van der Waals surface area contributed by atoms with Crippen LogP contribution in [0, 0.1) is 6.92 Å². The molecule has 2 amide bonds. The first-order valence-corrected chi connectivity index (χ1v) is 14.3. The average molecular weight is 556 g/mol. The van der Waals surface area contributed by atoms with Crippen LogP contribution in [-0.2, 0) is 32.6 Å². The second-order valence-electron chi connectivity index (χ2n) is 9.22. The smallest absolute Gasteiger partial charge is 0.243 e. The molecule has 0 aliphatic carbocycles. The molecular formula is C29H34ClN3O4S. The van der Waals surface area contributed by atoms with E-state index in [1.165, 1.54) is 36.2 Å². The van der Waals surface area contributed by atoms with Gasteiger partial charge in [0.05, 0.1) is 11.4 Å². The zero-order valence-corrected chi connectivity index (χ0v) is 23.5. The molecule has 7 nitrogen and oxygen atoms in total. The number of halogens is 1. The average Bonchev–Trinajstić information content (AvgIpc) is 2.90. The van der Waals surface area contributed by atoms with Gasteiger partial charge < -0.3 is 10.2 Å². The summed E-state index contributed by atoms with van der Waals surface area (Å²) >= 11 is 5.92. The van der Waals surface area contributed by atoms with E-state index in [4.69, 9.17) is 11.6 Å².